The van der Waals surface area contributed by atoms with Crippen molar-refractivity contribution in [3.8, 4) is 0 Å². The molecule has 0 bridgehead atoms. The van der Waals surface area contributed by atoms with Crippen molar-refractivity contribution in [1.29, 1.82) is 0 Å². The molecule has 0 spiro atoms. The van der Waals surface area contributed by atoms with Crippen molar-refractivity contribution in [2.75, 3.05) is 13.2 Å². The second kappa shape index (κ2) is 7.25. The number of hydrogen-bond donors (Lipinski definition) is 2. The zero-order valence-electron chi connectivity index (χ0n) is 11.1. The summed E-state index contributed by atoms with van der Waals surface area (Å²) in [5, 5.41) is 12.6. The van der Waals surface area contributed by atoms with Crippen LogP contribution in [0.15, 0.2) is 12.1 Å². The molecule has 2 atom stereocenters. The smallest absolute Gasteiger partial charge is 0.254 e. The highest BCUT2D eigenvalue weighted by Gasteiger charge is 2.25. The van der Waals surface area contributed by atoms with E-state index >= 15 is 0 Å². The van der Waals surface area contributed by atoms with Crippen molar-refractivity contribution in [2.45, 2.75) is 25.7 Å². The molecule has 1 amide bonds. The van der Waals surface area contributed by atoms with Gasteiger partial charge < -0.3 is 10.4 Å². The van der Waals surface area contributed by atoms with Crippen molar-refractivity contribution in [2.24, 2.45) is 11.8 Å². The summed E-state index contributed by atoms with van der Waals surface area (Å²) in [4.78, 5) is 15.9. The van der Waals surface area contributed by atoms with Gasteiger partial charge in [0.2, 0.25) is 0 Å². The van der Waals surface area contributed by atoms with E-state index in [2.05, 4.69) is 10.3 Å². The van der Waals surface area contributed by atoms with E-state index in [4.69, 9.17) is 23.2 Å². The van der Waals surface area contributed by atoms with Gasteiger partial charge in [-0.1, -0.05) is 36.0 Å². The van der Waals surface area contributed by atoms with E-state index in [0.717, 1.165) is 25.7 Å². The first-order chi connectivity index (χ1) is 9.61. The van der Waals surface area contributed by atoms with Crippen LogP contribution in [0.2, 0.25) is 10.3 Å². The molecule has 0 saturated heterocycles. The van der Waals surface area contributed by atoms with Crippen LogP contribution in [0.25, 0.3) is 0 Å². The number of aromatic nitrogens is 1. The first kappa shape index (κ1) is 15.5. The topological polar surface area (TPSA) is 62.2 Å². The molecule has 2 N–H and O–H groups in total. The molecule has 6 heteroatoms. The Morgan fingerprint density at radius 3 is 2.65 bits per heavy atom. The molecule has 1 fully saturated rings. The van der Waals surface area contributed by atoms with Gasteiger partial charge in [-0.05, 0) is 36.8 Å². The summed E-state index contributed by atoms with van der Waals surface area (Å²) >= 11 is 11.6. The highest BCUT2D eigenvalue weighted by atomic mass is 35.5. The van der Waals surface area contributed by atoms with Crippen molar-refractivity contribution in [3.05, 3.63) is 28.0 Å². The monoisotopic (exact) mass is 316 g/mol. The van der Waals surface area contributed by atoms with E-state index in [0.29, 0.717) is 18.0 Å². The highest BCUT2D eigenvalue weighted by molar-refractivity contribution is 6.34. The number of carbonyl (C=O) groups is 1. The van der Waals surface area contributed by atoms with Gasteiger partial charge >= 0.3 is 0 Å². The largest absolute Gasteiger partial charge is 0.396 e. The lowest BCUT2D eigenvalue weighted by Crippen LogP contribution is -2.35. The van der Waals surface area contributed by atoms with Gasteiger partial charge in [-0.2, -0.15) is 0 Å². The number of hydrogen-bond acceptors (Lipinski definition) is 3. The molecule has 0 radical (unpaired) electrons. The summed E-state index contributed by atoms with van der Waals surface area (Å²) in [5.41, 5.74) is 0.326. The number of nitrogens with one attached hydrogen (secondary N) is 1. The summed E-state index contributed by atoms with van der Waals surface area (Å²) in [6.45, 7) is 0.743. The summed E-state index contributed by atoms with van der Waals surface area (Å²) in [7, 11) is 0. The van der Waals surface area contributed by atoms with Crippen molar-refractivity contribution < 1.29 is 9.90 Å². The van der Waals surface area contributed by atoms with Crippen molar-refractivity contribution >= 4 is 29.1 Å². The fourth-order valence-electron chi connectivity index (χ4n) is 2.69. The third-order valence-corrected chi connectivity index (χ3v) is 4.38. The minimum Gasteiger partial charge on any atom is -0.396 e. The minimum absolute atomic E-state index is 0.109. The van der Waals surface area contributed by atoms with Gasteiger partial charge in [-0.3, -0.25) is 4.79 Å². The summed E-state index contributed by atoms with van der Waals surface area (Å²) in [6, 6.07) is 3.11. The van der Waals surface area contributed by atoms with Crippen LogP contribution in [0, 0.1) is 11.8 Å². The Kier molecular flexibility index (Phi) is 5.64. The number of nitrogens with zero attached hydrogens (tertiary/aromatic N) is 1. The van der Waals surface area contributed by atoms with E-state index in [9.17, 15) is 9.90 Å². The summed E-state index contributed by atoms with van der Waals surface area (Å²) in [6.07, 6.45) is 4.38. The highest BCUT2D eigenvalue weighted by Crippen LogP contribution is 2.29. The molecule has 2 unspecified atom stereocenters. The number of aliphatic hydroxyl groups excluding tert-OH is 1. The maximum Gasteiger partial charge on any atom is 0.254 e. The molecule has 20 heavy (non-hydrogen) atoms. The Morgan fingerprint density at radius 1 is 1.30 bits per heavy atom. The van der Waals surface area contributed by atoms with E-state index in [1.54, 1.807) is 12.1 Å². The minimum atomic E-state index is -0.249. The normalized spacial score (nSPS) is 22.6. The number of amides is 1. The molecule has 4 nitrogen and oxygen atoms in total. The Labute approximate surface area is 128 Å². The first-order valence-corrected chi connectivity index (χ1v) is 7.58. The summed E-state index contributed by atoms with van der Waals surface area (Å²) in [5.74, 6) is 0.362. The molecule has 1 aliphatic rings. The number of halogens is 2. The lowest BCUT2D eigenvalue weighted by molar-refractivity contribution is 0.0909. The van der Waals surface area contributed by atoms with Gasteiger partial charge in [-0.25, -0.2) is 4.98 Å². The van der Waals surface area contributed by atoms with Crippen LogP contribution in [-0.2, 0) is 0 Å². The SMILES string of the molecule is O=C(NCC1CCCCC1CO)c1ccc(Cl)nc1Cl. The quantitative estimate of drug-likeness (QED) is 0.839. The fraction of sp³-hybridized carbons (Fsp3) is 0.571. The maximum atomic E-state index is 12.1. The van der Waals surface area contributed by atoms with Gasteiger partial charge in [0.25, 0.3) is 5.91 Å². The third-order valence-electron chi connectivity index (χ3n) is 3.89. The lowest BCUT2D eigenvalue weighted by atomic mass is 9.79. The zero-order valence-corrected chi connectivity index (χ0v) is 12.6. The van der Waals surface area contributed by atoms with Crippen molar-refractivity contribution in [1.82, 2.24) is 10.3 Å². The van der Waals surface area contributed by atoms with Crippen LogP contribution >= 0.6 is 23.2 Å². The molecule has 1 aromatic rings. The predicted octanol–water partition coefficient (Wildman–Crippen LogP) is 2.92. The third kappa shape index (κ3) is 3.84. The van der Waals surface area contributed by atoms with Gasteiger partial charge in [0.1, 0.15) is 10.3 Å². The Bertz CT molecular complexity index is 482. The Balaban J connectivity index is 1.94. The maximum absolute atomic E-state index is 12.1. The van der Waals surface area contributed by atoms with Gasteiger partial charge in [0.15, 0.2) is 0 Å². The first-order valence-electron chi connectivity index (χ1n) is 6.83. The lowest BCUT2D eigenvalue weighted by Gasteiger charge is -2.30. The molecule has 1 aromatic heterocycles. The molecular weight excluding hydrogens is 299 g/mol. The van der Waals surface area contributed by atoms with Gasteiger partial charge in [0.05, 0.1) is 5.56 Å². The van der Waals surface area contributed by atoms with Crippen LogP contribution in [-0.4, -0.2) is 29.1 Å². The second-order valence-corrected chi connectivity index (χ2v) is 5.91. The average Bonchev–Trinajstić information content (AvgIpc) is 2.45. The zero-order chi connectivity index (χ0) is 14.5. The molecule has 1 heterocycles. The Morgan fingerprint density at radius 2 is 2.00 bits per heavy atom. The number of aliphatic hydroxyl groups is 1. The van der Waals surface area contributed by atoms with Gasteiger partial charge in [-0.15, -0.1) is 0 Å². The molecule has 1 aliphatic carbocycles. The van der Waals surface area contributed by atoms with Crippen LogP contribution in [0.4, 0.5) is 0 Å². The van der Waals surface area contributed by atoms with Crippen LogP contribution in [0.3, 0.4) is 0 Å². The van der Waals surface area contributed by atoms with E-state index in [1.165, 1.54) is 0 Å². The fourth-order valence-corrected chi connectivity index (χ4v) is 3.12. The van der Waals surface area contributed by atoms with Gasteiger partial charge in [0, 0.05) is 13.2 Å². The second-order valence-electron chi connectivity index (χ2n) is 5.17. The molecule has 0 aliphatic heterocycles. The standard InChI is InChI=1S/C14H18Cl2N2O2/c15-12-6-5-11(13(16)18-12)14(20)17-7-9-3-1-2-4-10(9)8-19/h5-6,9-10,19H,1-4,7-8H2,(H,17,20). The van der Waals surface area contributed by atoms with Crippen molar-refractivity contribution in [3.63, 3.8) is 0 Å². The molecule has 2 rings (SSSR count). The predicted molar refractivity (Wildman–Crippen MR) is 79.1 cm³/mol. The van der Waals surface area contributed by atoms with Crippen LogP contribution in [0.5, 0.6) is 0 Å². The summed E-state index contributed by atoms with van der Waals surface area (Å²) < 4.78 is 0. The molecular formula is C14H18Cl2N2O2. The number of rotatable bonds is 4. The van der Waals surface area contributed by atoms with E-state index in [-0.39, 0.29) is 28.7 Å². The van der Waals surface area contributed by atoms with E-state index in [1.807, 2.05) is 0 Å². The molecule has 1 saturated carbocycles. The number of pyridine rings is 1. The number of carbonyl (C=O) groups excluding carboxylic acids is 1. The molecule has 0 aromatic carbocycles. The van der Waals surface area contributed by atoms with E-state index < -0.39 is 0 Å². The average molecular weight is 317 g/mol. The van der Waals surface area contributed by atoms with Crippen LogP contribution < -0.4 is 5.32 Å². The van der Waals surface area contributed by atoms with Crippen LogP contribution in [0.1, 0.15) is 36.0 Å². The molecule has 110 valence electrons. The Hall–Kier alpha value is -0.840.